The molecular weight excluding hydrogens is 261 g/mol. The average molecular weight is 284 g/mol. The minimum Gasteiger partial charge on any atom is -0.291 e. The van der Waals surface area contributed by atoms with Gasteiger partial charge in [0.15, 0.2) is 0 Å². The fraction of sp³-hybridized carbons (Fsp3) is 0.625. The lowest BCUT2D eigenvalue weighted by atomic mass is 9.90. The molecule has 3 heteroatoms. The van der Waals surface area contributed by atoms with Crippen LogP contribution in [0.2, 0.25) is 0 Å². The molecule has 0 spiro atoms. The van der Waals surface area contributed by atoms with E-state index in [0.717, 1.165) is 5.92 Å². The van der Waals surface area contributed by atoms with Gasteiger partial charge in [0.05, 0.1) is 0 Å². The summed E-state index contributed by atoms with van der Waals surface area (Å²) in [4.78, 5) is 2.68. The molecule has 1 saturated carbocycles. The van der Waals surface area contributed by atoms with Crippen molar-refractivity contribution in [3.63, 3.8) is 0 Å². The molecule has 1 saturated heterocycles. The summed E-state index contributed by atoms with van der Waals surface area (Å²) in [6, 6.07) is 7.83. The van der Waals surface area contributed by atoms with Crippen molar-refractivity contribution >= 4 is 12.4 Å². The van der Waals surface area contributed by atoms with Crippen LogP contribution in [0.4, 0.5) is 4.39 Å². The van der Waals surface area contributed by atoms with Gasteiger partial charge in [-0.15, -0.1) is 12.4 Å². The first-order valence-corrected chi connectivity index (χ1v) is 7.14. The van der Waals surface area contributed by atoms with Gasteiger partial charge in [-0.05, 0) is 56.2 Å². The first-order chi connectivity index (χ1) is 8.62. The Bertz CT molecular complexity index is 427. The zero-order valence-electron chi connectivity index (χ0n) is 11.7. The molecule has 0 radical (unpaired) electrons. The van der Waals surface area contributed by atoms with E-state index in [1.165, 1.54) is 37.8 Å². The summed E-state index contributed by atoms with van der Waals surface area (Å²) in [5.41, 5.74) is 1.53. The van der Waals surface area contributed by atoms with Gasteiger partial charge in [-0.3, -0.25) is 4.90 Å². The van der Waals surface area contributed by atoms with E-state index in [2.05, 4.69) is 18.7 Å². The molecule has 1 aliphatic carbocycles. The number of hydrogen-bond donors (Lipinski definition) is 0. The smallest absolute Gasteiger partial charge is 0.123 e. The Morgan fingerprint density at radius 1 is 1.11 bits per heavy atom. The van der Waals surface area contributed by atoms with E-state index in [1.54, 1.807) is 12.1 Å². The zero-order valence-corrected chi connectivity index (χ0v) is 12.5. The van der Waals surface area contributed by atoms with E-state index in [-0.39, 0.29) is 23.8 Å². The summed E-state index contributed by atoms with van der Waals surface area (Å²) in [5, 5.41) is 0. The van der Waals surface area contributed by atoms with Crippen molar-refractivity contribution in [2.24, 2.45) is 5.92 Å². The fourth-order valence-electron chi connectivity index (χ4n) is 3.51. The van der Waals surface area contributed by atoms with Gasteiger partial charge in [-0.1, -0.05) is 19.1 Å². The fourth-order valence-corrected chi connectivity index (χ4v) is 3.51. The molecular formula is C16H23ClFN. The van der Waals surface area contributed by atoms with Gasteiger partial charge < -0.3 is 0 Å². The SMILES string of the molecule is C[C@@H]1CC[C@@H](C)N(C2(c3ccc(F)cc3)CC2)C1.Cl. The lowest BCUT2D eigenvalue weighted by Gasteiger charge is -2.43. The Morgan fingerprint density at radius 2 is 1.74 bits per heavy atom. The highest BCUT2D eigenvalue weighted by Crippen LogP contribution is 2.53. The zero-order chi connectivity index (χ0) is 12.8. The Hall–Kier alpha value is -0.600. The molecule has 1 nitrogen and oxygen atoms in total. The minimum absolute atomic E-state index is 0. The van der Waals surface area contributed by atoms with Crippen molar-refractivity contribution in [1.29, 1.82) is 0 Å². The van der Waals surface area contributed by atoms with E-state index < -0.39 is 0 Å². The van der Waals surface area contributed by atoms with Crippen LogP contribution >= 0.6 is 12.4 Å². The predicted molar refractivity (Wildman–Crippen MR) is 79.1 cm³/mol. The Morgan fingerprint density at radius 3 is 2.32 bits per heavy atom. The molecule has 1 heterocycles. The summed E-state index contributed by atoms with van der Waals surface area (Å²) in [7, 11) is 0. The summed E-state index contributed by atoms with van der Waals surface area (Å²) in [6.07, 6.45) is 5.10. The molecule has 2 atom stereocenters. The molecule has 2 fully saturated rings. The van der Waals surface area contributed by atoms with Crippen LogP contribution in [0.15, 0.2) is 24.3 Å². The molecule has 0 amide bonds. The Labute approximate surface area is 121 Å². The van der Waals surface area contributed by atoms with Gasteiger partial charge in [-0.2, -0.15) is 0 Å². The molecule has 3 rings (SSSR count). The first kappa shape index (κ1) is 14.8. The second-order valence-electron chi connectivity index (χ2n) is 6.22. The molecule has 0 unspecified atom stereocenters. The predicted octanol–water partition coefficient (Wildman–Crippen LogP) is 4.36. The standard InChI is InChI=1S/C16H22FN.ClH/c1-12-3-4-13(2)18(11-12)16(9-10-16)14-5-7-15(17)8-6-14;/h5-8,12-13H,3-4,9-11H2,1-2H3;1H/t12-,13-;/m1./s1. The molecule has 106 valence electrons. The van der Waals surface area contributed by atoms with E-state index in [4.69, 9.17) is 0 Å². The highest BCUT2D eigenvalue weighted by atomic mass is 35.5. The topological polar surface area (TPSA) is 3.24 Å². The monoisotopic (exact) mass is 283 g/mol. The third kappa shape index (κ3) is 2.66. The van der Waals surface area contributed by atoms with Crippen molar-refractivity contribution in [1.82, 2.24) is 4.90 Å². The van der Waals surface area contributed by atoms with E-state index in [1.807, 2.05) is 12.1 Å². The highest BCUT2D eigenvalue weighted by molar-refractivity contribution is 5.85. The third-order valence-corrected chi connectivity index (χ3v) is 4.77. The van der Waals surface area contributed by atoms with Crippen LogP contribution in [0.25, 0.3) is 0 Å². The van der Waals surface area contributed by atoms with E-state index in [9.17, 15) is 4.39 Å². The van der Waals surface area contributed by atoms with Gasteiger partial charge in [0.25, 0.3) is 0 Å². The quantitative estimate of drug-likeness (QED) is 0.780. The lowest BCUT2D eigenvalue weighted by molar-refractivity contribution is 0.0615. The average Bonchev–Trinajstić information content (AvgIpc) is 3.14. The van der Waals surface area contributed by atoms with Gasteiger partial charge in [0.2, 0.25) is 0 Å². The lowest BCUT2D eigenvalue weighted by Crippen LogP contribution is -2.47. The van der Waals surface area contributed by atoms with Crippen LogP contribution in [0.5, 0.6) is 0 Å². The second kappa shape index (κ2) is 5.41. The van der Waals surface area contributed by atoms with Crippen molar-refractivity contribution in [3.05, 3.63) is 35.6 Å². The highest BCUT2D eigenvalue weighted by Gasteiger charge is 2.51. The van der Waals surface area contributed by atoms with Gasteiger partial charge >= 0.3 is 0 Å². The molecule has 2 aliphatic rings. The Kier molecular flexibility index (Phi) is 4.22. The number of halogens is 2. The van der Waals surface area contributed by atoms with Gasteiger partial charge in [-0.25, -0.2) is 4.39 Å². The van der Waals surface area contributed by atoms with Crippen molar-refractivity contribution in [2.75, 3.05) is 6.54 Å². The number of benzene rings is 1. The largest absolute Gasteiger partial charge is 0.291 e. The van der Waals surface area contributed by atoms with Crippen molar-refractivity contribution < 1.29 is 4.39 Å². The van der Waals surface area contributed by atoms with Crippen LogP contribution < -0.4 is 0 Å². The molecule has 0 aromatic heterocycles. The number of nitrogens with zero attached hydrogens (tertiary/aromatic N) is 1. The minimum atomic E-state index is -0.130. The van der Waals surface area contributed by atoms with Gasteiger partial charge in [0.1, 0.15) is 5.82 Å². The molecule has 1 aromatic carbocycles. The number of rotatable bonds is 2. The number of likely N-dealkylation sites (tertiary alicyclic amines) is 1. The first-order valence-electron chi connectivity index (χ1n) is 7.14. The summed E-state index contributed by atoms with van der Waals surface area (Å²) in [6.45, 7) is 5.88. The van der Waals surface area contributed by atoms with Crippen molar-refractivity contribution in [2.45, 2.75) is 51.1 Å². The summed E-state index contributed by atoms with van der Waals surface area (Å²) >= 11 is 0. The third-order valence-electron chi connectivity index (χ3n) is 4.77. The molecule has 0 bridgehead atoms. The van der Waals surface area contributed by atoms with E-state index in [0.29, 0.717) is 6.04 Å². The van der Waals surface area contributed by atoms with Crippen LogP contribution in [0, 0.1) is 11.7 Å². The Balaban J connectivity index is 0.00000133. The number of hydrogen-bond acceptors (Lipinski definition) is 1. The van der Waals surface area contributed by atoms with Gasteiger partial charge in [0, 0.05) is 18.1 Å². The maximum Gasteiger partial charge on any atom is 0.123 e. The number of piperidine rings is 1. The molecule has 19 heavy (non-hydrogen) atoms. The van der Waals surface area contributed by atoms with Crippen LogP contribution in [-0.4, -0.2) is 17.5 Å². The second-order valence-corrected chi connectivity index (χ2v) is 6.22. The molecule has 1 aliphatic heterocycles. The summed E-state index contributed by atoms with van der Waals surface area (Å²) in [5.74, 6) is 0.661. The molecule has 0 N–H and O–H groups in total. The van der Waals surface area contributed by atoms with Crippen LogP contribution in [0.3, 0.4) is 0 Å². The molecule has 1 aromatic rings. The van der Waals surface area contributed by atoms with Crippen LogP contribution in [-0.2, 0) is 5.54 Å². The summed E-state index contributed by atoms with van der Waals surface area (Å²) < 4.78 is 13.1. The van der Waals surface area contributed by atoms with Crippen LogP contribution in [0.1, 0.15) is 45.1 Å². The van der Waals surface area contributed by atoms with E-state index >= 15 is 0 Å². The van der Waals surface area contributed by atoms with Crippen molar-refractivity contribution in [3.8, 4) is 0 Å². The normalized spacial score (nSPS) is 29.6. The maximum absolute atomic E-state index is 13.1. The maximum atomic E-state index is 13.1.